The van der Waals surface area contributed by atoms with Gasteiger partial charge in [0.15, 0.2) is 10.8 Å². The maximum Gasteiger partial charge on any atom is 0.511 e. The Morgan fingerprint density at radius 3 is 2.45 bits per heavy atom. The Balaban J connectivity index is 1.37. The fourth-order valence-corrected chi connectivity index (χ4v) is 5.10. The number of imidazole rings is 1. The minimum atomic E-state index is -1.29. The van der Waals surface area contributed by atoms with Gasteiger partial charge in [0.1, 0.15) is 12.4 Å². The van der Waals surface area contributed by atoms with Gasteiger partial charge in [-0.25, -0.2) is 14.6 Å². The van der Waals surface area contributed by atoms with Crippen LogP contribution in [0.1, 0.15) is 68.8 Å². The molecule has 0 fully saturated rings. The standard InChI is InChI=1S/C32H40ClN9O7/c1-5-8-14-27-34-29(33)28(31(43)48-22(4)49-32(44)46-19-11-20-47-39-42(45)40(6-2)7-3)41(27)21-23-15-17-24(18-16-23)25-12-9-10-13-26(25)30-35-37-38-36-30/h9-10,12-13,15-18,22H,5-8,11,14,19-21H2,1-4H3,(H,35,36,37,38)/b42-39-. The number of aryl methyl sites for hydroxylation is 1. The summed E-state index contributed by atoms with van der Waals surface area (Å²) in [6.45, 7) is 8.30. The van der Waals surface area contributed by atoms with Crippen molar-refractivity contribution in [2.24, 2.45) is 5.28 Å². The van der Waals surface area contributed by atoms with E-state index in [-0.39, 0.29) is 30.5 Å². The highest BCUT2D eigenvalue weighted by Crippen LogP contribution is 2.30. The lowest BCUT2D eigenvalue weighted by Crippen LogP contribution is -2.30. The van der Waals surface area contributed by atoms with Crippen LogP contribution in [0.25, 0.3) is 22.5 Å². The van der Waals surface area contributed by atoms with Crippen molar-refractivity contribution in [3.63, 3.8) is 0 Å². The lowest BCUT2D eigenvalue weighted by Gasteiger charge is -2.16. The van der Waals surface area contributed by atoms with Crippen LogP contribution in [0.4, 0.5) is 4.79 Å². The van der Waals surface area contributed by atoms with Crippen molar-refractivity contribution in [1.82, 2.24) is 35.2 Å². The number of carbonyl (C=O) groups excluding carboxylic acids is 2. The van der Waals surface area contributed by atoms with Crippen molar-refractivity contribution in [1.29, 1.82) is 0 Å². The predicted molar refractivity (Wildman–Crippen MR) is 177 cm³/mol. The fraction of sp³-hybridized carbons (Fsp3) is 0.438. The fourth-order valence-electron chi connectivity index (χ4n) is 4.82. The number of aromatic amines is 1. The van der Waals surface area contributed by atoms with Crippen LogP contribution < -0.4 is 0 Å². The quantitative estimate of drug-likeness (QED) is 0.0321. The zero-order chi connectivity index (χ0) is 35.2. The molecule has 17 heteroatoms. The maximum absolute atomic E-state index is 13.3. The smallest absolute Gasteiger partial charge is 0.511 e. The second-order valence-electron chi connectivity index (χ2n) is 10.7. The van der Waals surface area contributed by atoms with E-state index in [2.05, 4.69) is 37.8 Å². The number of unbranched alkanes of at least 4 members (excludes halogenated alkanes) is 1. The lowest BCUT2D eigenvalue weighted by atomic mass is 9.98. The number of hydrazine groups is 1. The number of tetrazole rings is 1. The Morgan fingerprint density at radius 2 is 1.78 bits per heavy atom. The molecule has 16 nitrogen and oxygen atoms in total. The van der Waals surface area contributed by atoms with E-state index in [1.807, 2.05) is 62.4 Å². The number of benzene rings is 2. The van der Waals surface area contributed by atoms with E-state index in [4.69, 9.17) is 30.6 Å². The number of nitrogens with zero attached hydrogens (tertiary/aromatic N) is 8. The van der Waals surface area contributed by atoms with Crippen LogP contribution in [0.5, 0.6) is 0 Å². The molecule has 0 amide bonds. The van der Waals surface area contributed by atoms with Gasteiger partial charge in [-0.3, -0.25) is 0 Å². The first-order valence-corrected chi connectivity index (χ1v) is 16.4. The third-order valence-corrected chi connectivity index (χ3v) is 7.57. The van der Waals surface area contributed by atoms with Gasteiger partial charge >= 0.3 is 12.1 Å². The number of halogens is 1. The molecule has 1 N–H and O–H groups in total. The zero-order valence-electron chi connectivity index (χ0n) is 27.9. The maximum atomic E-state index is 13.3. The number of H-pyrrole nitrogens is 1. The van der Waals surface area contributed by atoms with Gasteiger partial charge in [-0.15, -0.1) is 15.2 Å². The second kappa shape index (κ2) is 18.3. The summed E-state index contributed by atoms with van der Waals surface area (Å²) in [5, 5.41) is 30.9. The van der Waals surface area contributed by atoms with Crippen molar-refractivity contribution in [2.45, 2.75) is 66.2 Å². The minimum Gasteiger partial charge on any atom is -0.569 e. The Labute approximate surface area is 288 Å². The molecule has 0 saturated heterocycles. The topological polar surface area (TPSA) is 185 Å². The minimum absolute atomic E-state index is 0.0143. The highest BCUT2D eigenvalue weighted by Gasteiger charge is 2.26. The Morgan fingerprint density at radius 1 is 1.04 bits per heavy atom. The summed E-state index contributed by atoms with van der Waals surface area (Å²) < 4.78 is 17.2. The van der Waals surface area contributed by atoms with E-state index in [0.717, 1.165) is 35.1 Å². The summed E-state index contributed by atoms with van der Waals surface area (Å²) in [4.78, 5) is 35.3. The summed E-state index contributed by atoms with van der Waals surface area (Å²) in [5.74, 6) is 0.310. The number of hydrogen-bond acceptors (Lipinski definition) is 12. The van der Waals surface area contributed by atoms with Gasteiger partial charge in [0.25, 0.3) is 0 Å². The van der Waals surface area contributed by atoms with E-state index < -0.39 is 18.4 Å². The van der Waals surface area contributed by atoms with Crippen LogP contribution in [0, 0.1) is 5.21 Å². The van der Waals surface area contributed by atoms with E-state index >= 15 is 0 Å². The Hall–Kier alpha value is -5.25. The molecule has 0 aliphatic heterocycles. The Kier molecular flexibility index (Phi) is 13.7. The van der Waals surface area contributed by atoms with Crippen molar-refractivity contribution >= 4 is 23.7 Å². The third-order valence-electron chi connectivity index (χ3n) is 7.31. The highest BCUT2D eigenvalue weighted by molar-refractivity contribution is 6.32. The number of nitrogens with one attached hydrogen (secondary N) is 1. The monoisotopic (exact) mass is 697 g/mol. The van der Waals surface area contributed by atoms with Gasteiger partial charge in [0.2, 0.25) is 17.4 Å². The molecule has 0 spiro atoms. The van der Waals surface area contributed by atoms with Crippen LogP contribution >= 0.6 is 11.6 Å². The number of carbonyl (C=O) groups is 2. The molecular weight excluding hydrogens is 658 g/mol. The molecule has 1 unspecified atom stereocenters. The molecular formula is C32H40ClN9O7. The van der Waals surface area contributed by atoms with E-state index in [1.54, 1.807) is 4.57 Å². The molecule has 4 rings (SSSR count). The molecule has 0 aliphatic rings. The molecule has 0 radical (unpaired) electrons. The molecule has 0 saturated carbocycles. The largest absolute Gasteiger partial charge is 0.569 e. The molecule has 0 aliphatic carbocycles. The number of ether oxygens (including phenoxy) is 3. The van der Waals surface area contributed by atoms with Crippen LogP contribution in [0.2, 0.25) is 5.15 Å². The van der Waals surface area contributed by atoms with Gasteiger partial charge in [-0.1, -0.05) is 73.5 Å². The van der Waals surface area contributed by atoms with Crippen LogP contribution in [-0.2, 0) is 32.0 Å². The number of aromatic nitrogens is 6. The Bertz CT molecular complexity index is 1680. The predicted octanol–water partition coefficient (Wildman–Crippen LogP) is 5.97. The van der Waals surface area contributed by atoms with Gasteiger partial charge in [-0.2, -0.15) is 5.21 Å². The number of esters is 1. The van der Waals surface area contributed by atoms with Crippen LogP contribution in [-0.4, -0.2) is 84.9 Å². The molecule has 2 aromatic heterocycles. The van der Waals surface area contributed by atoms with Crippen LogP contribution in [0.3, 0.4) is 0 Å². The van der Waals surface area contributed by atoms with E-state index in [1.165, 1.54) is 11.9 Å². The number of rotatable bonds is 18. The summed E-state index contributed by atoms with van der Waals surface area (Å²) in [6.07, 6.45) is 0.266. The molecule has 0 bridgehead atoms. The van der Waals surface area contributed by atoms with Crippen LogP contribution in [0.15, 0.2) is 53.8 Å². The van der Waals surface area contributed by atoms with E-state index in [0.29, 0.717) is 42.7 Å². The molecule has 49 heavy (non-hydrogen) atoms. The number of hydrogen-bond donors (Lipinski definition) is 1. The second-order valence-corrected chi connectivity index (χ2v) is 11.0. The van der Waals surface area contributed by atoms with E-state index in [9.17, 15) is 14.8 Å². The van der Waals surface area contributed by atoms with Crippen molar-refractivity contribution in [2.75, 3.05) is 26.3 Å². The summed E-state index contributed by atoms with van der Waals surface area (Å²) in [7, 11) is 0. The third kappa shape index (κ3) is 10.1. The molecule has 262 valence electrons. The average Bonchev–Trinajstić information content (AvgIpc) is 3.74. The normalized spacial score (nSPS) is 12.0. The van der Waals surface area contributed by atoms with Crippen molar-refractivity contribution < 1.29 is 33.6 Å². The first-order valence-electron chi connectivity index (χ1n) is 16.0. The zero-order valence-corrected chi connectivity index (χ0v) is 28.6. The molecule has 2 aromatic carbocycles. The van der Waals surface area contributed by atoms with Crippen molar-refractivity contribution in [3.8, 4) is 22.5 Å². The summed E-state index contributed by atoms with van der Waals surface area (Å²) in [5.41, 5.74) is 3.65. The molecule has 2 heterocycles. The summed E-state index contributed by atoms with van der Waals surface area (Å²) >= 11 is 6.48. The SMILES string of the molecule is CCCCc1nc(Cl)c(C(=O)OC(C)OC(=O)OCCCO/N=[N+](\[O-])N(CC)CC)n1Cc1ccc(-c2ccccc2-c2nn[nH]n2)cc1. The lowest BCUT2D eigenvalue weighted by molar-refractivity contribution is -0.710. The van der Waals surface area contributed by atoms with Gasteiger partial charge < -0.3 is 28.8 Å². The molecule has 4 aromatic rings. The first kappa shape index (κ1) is 36.6. The van der Waals surface area contributed by atoms with Gasteiger partial charge in [0.05, 0.1) is 24.7 Å². The summed E-state index contributed by atoms with van der Waals surface area (Å²) in [6, 6.07) is 15.6. The first-order chi connectivity index (χ1) is 23.7. The molecule has 1 atom stereocenters. The van der Waals surface area contributed by atoms with Gasteiger partial charge in [-0.05, 0) is 42.2 Å². The average molecular weight is 698 g/mol. The van der Waals surface area contributed by atoms with Gasteiger partial charge in [0, 0.05) is 31.9 Å². The van der Waals surface area contributed by atoms with Crippen molar-refractivity contribution in [3.05, 3.63) is 76.0 Å². The highest BCUT2D eigenvalue weighted by atomic mass is 35.5.